The molecule has 17 heavy (non-hydrogen) atoms. The molecule has 0 saturated heterocycles. The first kappa shape index (κ1) is 12.0. The zero-order valence-corrected chi connectivity index (χ0v) is 10.8. The minimum Gasteiger partial charge on any atom is -0.384 e. The number of hydrogen-bond donors (Lipinski definition) is 1. The van der Waals surface area contributed by atoms with Gasteiger partial charge in [0.25, 0.3) is 0 Å². The van der Waals surface area contributed by atoms with E-state index in [1.54, 1.807) is 0 Å². The maximum atomic E-state index is 9.06. The number of hydrogen-bond acceptors (Lipinski definition) is 3. The van der Waals surface area contributed by atoms with Gasteiger partial charge in [-0.25, -0.2) is 0 Å². The Balaban J connectivity index is 2.12. The van der Waals surface area contributed by atoms with Crippen molar-refractivity contribution in [3.05, 3.63) is 16.8 Å². The minimum atomic E-state index is 0.617. The van der Waals surface area contributed by atoms with Crippen molar-refractivity contribution in [2.75, 3.05) is 19.3 Å². The van der Waals surface area contributed by atoms with Gasteiger partial charge in [-0.2, -0.15) is 5.26 Å². The predicted molar refractivity (Wildman–Crippen MR) is 68.7 cm³/mol. The molecule has 1 aromatic rings. The van der Waals surface area contributed by atoms with Crippen LogP contribution in [0, 0.1) is 25.2 Å². The average Bonchev–Trinajstić information content (AvgIpc) is 3.10. The molecule has 1 aliphatic rings. The topological polar surface area (TPSA) is 58.0 Å². The Kier molecular flexibility index (Phi) is 3.12. The summed E-state index contributed by atoms with van der Waals surface area (Å²) in [5, 5.41) is 9.06. The molecule has 0 aromatic carbocycles. The highest BCUT2D eigenvalue weighted by Crippen LogP contribution is 2.26. The van der Waals surface area contributed by atoms with Gasteiger partial charge in [-0.1, -0.05) is 0 Å². The van der Waals surface area contributed by atoms with Gasteiger partial charge >= 0.3 is 0 Å². The lowest BCUT2D eigenvalue weighted by Gasteiger charge is -2.17. The normalized spacial score (nSPS) is 15.2. The molecule has 1 heterocycles. The molecule has 0 bridgehead atoms. The van der Waals surface area contributed by atoms with Crippen LogP contribution in [0.1, 0.15) is 29.7 Å². The molecule has 1 aliphatic carbocycles. The van der Waals surface area contributed by atoms with Crippen LogP contribution in [0.2, 0.25) is 0 Å². The third kappa shape index (κ3) is 2.16. The van der Waals surface area contributed by atoms with Gasteiger partial charge in [-0.05, 0) is 39.3 Å². The van der Waals surface area contributed by atoms with Gasteiger partial charge in [0.2, 0.25) is 0 Å². The molecular weight excluding hydrogens is 212 g/mol. The standard InChI is InChI=1S/C13H20N4/c1-9-10(2)17(13(15)12(9)8-14)7-6-16(3)11-4-5-11/h11H,4-7,15H2,1-3H3. The third-order valence-corrected chi connectivity index (χ3v) is 3.83. The van der Waals surface area contributed by atoms with E-state index < -0.39 is 0 Å². The largest absolute Gasteiger partial charge is 0.384 e. The molecule has 4 nitrogen and oxygen atoms in total. The third-order valence-electron chi connectivity index (χ3n) is 3.83. The van der Waals surface area contributed by atoms with Crippen LogP contribution in [0.15, 0.2) is 0 Å². The highest BCUT2D eigenvalue weighted by Gasteiger charge is 2.26. The second-order valence-electron chi connectivity index (χ2n) is 4.95. The fourth-order valence-corrected chi connectivity index (χ4v) is 2.28. The van der Waals surface area contributed by atoms with Crippen molar-refractivity contribution in [3.63, 3.8) is 0 Å². The number of anilines is 1. The molecule has 0 spiro atoms. The van der Waals surface area contributed by atoms with Gasteiger partial charge in [0.15, 0.2) is 0 Å². The van der Waals surface area contributed by atoms with E-state index in [9.17, 15) is 0 Å². The molecule has 1 aromatic heterocycles. The second-order valence-corrected chi connectivity index (χ2v) is 4.95. The van der Waals surface area contributed by atoms with E-state index in [1.165, 1.54) is 12.8 Å². The Morgan fingerprint density at radius 2 is 2.12 bits per heavy atom. The summed E-state index contributed by atoms with van der Waals surface area (Å²) in [4.78, 5) is 2.38. The lowest BCUT2D eigenvalue weighted by Crippen LogP contribution is -2.26. The van der Waals surface area contributed by atoms with Crippen molar-refractivity contribution >= 4 is 5.82 Å². The summed E-state index contributed by atoms with van der Waals surface area (Å²) in [5.41, 5.74) is 8.78. The van der Waals surface area contributed by atoms with Gasteiger partial charge in [-0.3, -0.25) is 0 Å². The maximum absolute atomic E-state index is 9.06. The summed E-state index contributed by atoms with van der Waals surface area (Å²) in [6.07, 6.45) is 2.64. The molecule has 2 rings (SSSR count). The molecule has 2 N–H and O–H groups in total. The SMILES string of the molecule is Cc1c(C#N)c(N)n(CCN(C)C2CC2)c1C. The number of nitrogen functional groups attached to an aromatic ring is 1. The second kappa shape index (κ2) is 4.42. The van der Waals surface area contributed by atoms with Crippen molar-refractivity contribution in [3.8, 4) is 6.07 Å². The molecule has 0 unspecified atom stereocenters. The summed E-state index contributed by atoms with van der Waals surface area (Å²) < 4.78 is 2.06. The number of likely N-dealkylation sites (N-methyl/N-ethyl adjacent to an activating group) is 1. The lowest BCUT2D eigenvalue weighted by molar-refractivity contribution is 0.309. The number of rotatable bonds is 4. The van der Waals surface area contributed by atoms with Crippen LogP contribution in [-0.2, 0) is 6.54 Å². The van der Waals surface area contributed by atoms with Gasteiger partial charge in [-0.15, -0.1) is 0 Å². The summed E-state index contributed by atoms with van der Waals surface area (Å²) >= 11 is 0. The fourth-order valence-electron chi connectivity index (χ4n) is 2.28. The predicted octanol–water partition coefficient (Wildman–Crippen LogP) is 1.65. The molecule has 4 heteroatoms. The van der Waals surface area contributed by atoms with E-state index in [0.29, 0.717) is 11.4 Å². The quantitative estimate of drug-likeness (QED) is 0.858. The minimum absolute atomic E-state index is 0.617. The molecule has 92 valence electrons. The van der Waals surface area contributed by atoms with Gasteiger partial charge in [0.1, 0.15) is 11.9 Å². The van der Waals surface area contributed by atoms with E-state index in [-0.39, 0.29) is 0 Å². The molecule has 0 aliphatic heterocycles. The van der Waals surface area contributed by atoms with E-state index in [0.717, 1.165) is 30.4 Å². The van der Waals surface area contributed by atoms with E-state index in [2.05, 4.69) is 22.6 Å². The number of aromatic nitrogens is 1. The fraction of sp³-hybridized carbons (Fsp3) is 0.615. The summed E-state index contributed by atoms with van der Waals surface area (Å²) in [7, 11) is 2.16. The summed E-state index contributed by atoms with van der Waals surface area (Å²) in [6, 6.07) is 2.96. The van der Waals surface area contributed by atoms with Gasteiger partial charge in [0.05, 0.1) is 5.56 Å². The van der Waals surface area contributed by atoms with Crippen LogP contribution in [-0.4, -0.2) is 29.1 Å². The Hall–Kier alpha value is -1.47. The van der Waals surface area contributed by atoms with Crippen molar-refractivity contribution in [1.82, 2.24) is 9.47 Å². The monoisotopic (exact) mass is 232 g/mol. The van der Waals surface area contributed by atoms with Crippen molar-refractivity contribution in [1.29, 1.82) is 5.26 Å². The molecule has 1 saturated carbocycles. The summed E-state index contributed by atoms with van der Waals surface area (Å²) in [6.45, 7) is 5.86. The van der Waals surface area contributed by atoms with Crippen LogP contribution in [0.5, 0.6) is 0 Å². The Bertz CT molecular complexity index is 463. The number of nitriles is 1. The number of nitrogens with two attached hydrogens (primary N) is 1. The molecule has 1 fully saturated rings. The molecule has 0 atom stereocenters. The van der Waals surface area contributed by atoms with E-state index in [1.807, 2.05) is 13.8 Å². The lowest BCUT2D eigenvalue weighted by atomic mass is 10.2. The maximum Gasteiger partial charge on any atom is 0.122 e. The molecular formula is C13H20N4. The molecule has 0 radical (unpaired) electrons. The van der Waals surface area contributed by atoms with Gasteiger partial charge < -0.3 is 15.2 Å². The van der Waals surface area contributed by atoms with Crippen LogP contribution >= 0.6 is 0 Å². The Morgan fingerprint density at radius 1 is 1.47 bits per heavy atom. The van der Waals surface area contributed by atoms with E-state index in [4.69, 9.17) is 11.0 Å². The Morgan fingerprint density at radius 3 is 2.59 bits per heavy atom. The van der Waals surface area contributed by atoms with E-state index >= 15 is 0 Å². The molecule has 0 amide bonds. The zero-order chi connectivity index (χ0) is 12.6. The Labute approximate surface area is 103 Å². The van der Waals surface area contributed by atoms with Crippen molar-refractivity contribution in [2.45, 2.75) is 39.3 Å². The average molecular weight is 232 g/mol. The smallest absolute Gasteiger partial charge is 0.122 e. The van der Waals surface area contributed by atoms with Crippen LogP contribution in [0.4, 0.5) is 5.82 Å². The first-order valence-corrected chi connectivity index (χ1v) is 6.11. The first-order chi connectivity index (χ1) is 8.06. The number of nitrogens with zero attached hydrogens (tertiary/aromatic N) is 3. The first-order valence-electron chi connectivity index (χ1n) is 6.11. The van der Waals surface area contributed by atoms with Crippen LogP contribution < -0.4 is 5.73 Å². The van der Waals surface area contributed by atoms with Crippen molar-refractivity contribution < 1.29 is 0 Å². The van der Waals surface area contributed by atoms with Crippen LogP contribution in [0.25, 0.3) is 0 Å². The van der Waals surface area contributed by atoms with Crippen molar-refractivity contribution in [2.24, 2.45) is 0 Å². The zero-order valence-electron chi connectivity index (χ0n) is 10.8. The highest BCUT2D eigenvalue weighted by molar-refractivity contribution is 5.57. The van der Waals surface area contributed by atoms with Gasteiger partial charge in [0, 0.05) is 24.8 Å². The summed E-state index contributed by atoms with van der Waals surface area (Å²) in [5.74, 6) is 0.617. The highest BCUT2D eigenvalue weighted by atomic mass is 15.2. The van der Waals surface area contributed by atoms with Crippen LogP contribution in [0.3, 0.4) is 0 Å².